The molecule has 2 heterocycles. The standard InChI is InChI=1S/C12H18F4O4/c13-11(14)12(15,16)2-1-8(18-6-10-7-20-10)3-17-4-9-5-19-9/h8-11H,1-7H2. The van der Waals surface area contributed by atoms with Gasteiger partial charge in [0.05, 0.1) is 39.1 Å². The summed E-state index contributed by atoms with van der Waals surface area (Å²) in [6.07, 6.45) is -5.36. The minimum Gasteiger partial charge on any atom is -0.376 e. The van der Waals surface area contributed by atoms with Crippen molar-refractivity contribution in [3.05, 3.63) is 0 Å². The quantitative estimate of drug-likeness (QED) is 0.432. The molecule has 0 saturated carbocycles. The summed E-state index contributed by atoms with van der Waals surface area (Å²) in [5, 5.41) is 0. The molecule has 0 aromatic rings. The second-order valence-corrected chi connectivity index (χ2v) is 5.00. The molecule has 0 bridgehead atoms. The zero-order valence-electron chi connectivity index (χ0n) is 10.9. The lowest BCUT2D eigenvalue weighted by Gasteiger charge is -2.21. The Morgan fingerprint density at radius 3 is 2.25 bits per heavy atom. The molecule has 3 unspecified atom stereocenters. The summed E-state index contributed by atoms with van der Waals surface area (Å²) in [7, 11) is 0. The minimum atomic E-state index is -3.99. The monoisotopic (exact) mass is 302 g/mol. The maximum Gasteiger partial charge on any atom is 0.307 e. The van der Waals surface area contributed by atoms with Crippen LogP contribution in [0, 0.1) is 0 Å². The highest BCUT2D eigenvalue weighted by Crippen LogP contribution is 2.29. The number of epoxide rings is 2. The Hall–Kier alpha value is -0.440. The summed E-state index contributed by atoms with van der Waals surface area (Å²) in [5.41, 5.74) is 0. The Labute approximate surface area is 114 Å². The summed E-state index contributed by atoms with van der Waals surface area (Å²) in [4.78, 5) is 0. The Bertz CT molecular complexity index is 295. The van der Waals surface area contributed by atoms with E-state index < -0.39 is 24.9 Å². The summed E-state index contributed by atoms with van der Waals surface area (Å²) in [6.45, 7) is 1.94. The van der Waals surface area contributed by atoms with Crippen LogP contribution in [0.1, 0.15) is 12.8 Å². The van der Waals surface area contributed by atoms with Gasteiger partial charge in [-0.2, -0.15) is 0 Å². The van der Waals surface area contributed by atoms with Crippen LogP contribution in [0.2, 0.25) is 0 Å². The van der Waals surface area contributed by atoms with Crippen molar-refractivity contribution in [2.24, 2.45) is 0 Å². The van der Waals surface area contributed by atoms with Crippen LogP contribution in [0.3, 0.4) is 0 Å². The first-order valence-corrected chi connectivity index (χ1v) is 6.56. The third-order valence-corrected chi connectivity index (χ3v) is 3.05. The molecule has 0 aromatic heterocycles. The fraction of sp³-hybridized carbons (Fsp3) is 1.00. The third-order valence-electron chi connectivity index (χ3n) is 3.05. The van der Waals surface area contributed by atoms with Crippen molar-refractivity contribution in [1.82, 2.24) is 0 Å². The van der Waals surface area contributed by atoms with Gasteiger partial charge < -0.3 is 18.9 Å². The number of alkyl halides is 4. The van der Waals surface area contributed by atoms with Gasteiger partial charge in [0, 0.05) is 6.42 Å². The Morgan fingerprint density at radius 1 is 1.10 bits per heavy atom. The van der Waals surface area contributed by atoms with Crippen molar-refractivity contribution >= 4 is 0 Å². The summed E-state index contributed by atoms with van der Waals surface area (Å²) in [5.74, 6) is -3.99. The molecule has 2 aliphatic rings. The third kappa shape index (κ3) is 5.90. The van der Waals surface area contributed by atoms with E-state index in [0.717, 1.165) is 0 Å². The van der Waals surface area contributed by atoms with Crippen LogP contribution >= 0.6 is 0 Å². The zero-order valence-corrected chi connectivity index (χ0v) is 10.9. The molecule has 2 fully saturated rings. The van der Waals surface area contributed by atoms with E-state index >= 15 is 0 Å². The Balaban J connectivity index is 1.67. The van der Waals surface area contributed by atoms with Crippen molar-refractivity contribution in [3.8, 4) is 0 Å². The highest BCUT2D eigenvalue weighted by atomic mass is 19.3. The van der Waals surface area contributed by atoms with Crippen LogP contribution in [0.5, 0.6) is 0 Å². The first kappa shape index (κ1) is 15.9. The van der Waals surface area contributed by atoms with Gasteiger partial charge in [0.2, 0.25) is 0 Å². The lowest BCUT2D eigenvalue weighted by molar-refractivity contribution is -0.141. The van der Waals surface area contributed by atoms with Gasteiger partial charge >= 0.3 is 12.3 Å². The van der Waals surface area contributed by atoms with E-state index in [-0.39, 0.29) is 31.8 Å². The van der Waals surface area contributed by atoms with Gasteiger partial charge in [-0.3, -0.25) is 0 Å². The highest BCUT2D eigenvalue weighted by Gasteiger charge is 2.40. The first-order valence-electron chi connectivity index (χ1n) is 6.56. The maximum absolute atomic E-state index is 12.9. The molecule has 0 radical (unpaired) electrons. The first-order chi connectivity index (χ1) is 9.47. The fourth-order valence-electron chi connectivity index (χ4n) is 1.58. The Morgan fingerprint density at radius 2 is 1.70 bits per heavy atom. The lowest BCUT2D eigenvalue weighted by atomic mass is 10.1. The number of hydrogen-bond acceptors (Lipinski definition) is 4. The molecule has 0 aliphatic carbocycles. The van der Waals surface area contributed by atoms with Gasteiger partial charge in [-0.25, -0.2) is 17.6 Å². The van der Waals surface area contributed by atoms with Crippen LogP contribution < -0.4 is 0 Å². The molecule has 2 saturated heterocycles. The average Bonchev–Trinajstić information content (AvgIpc) is 3.25. The van der Waals surface area contributed by atoms with Crippen LogP contribution in [0.15, 0.2) is 0 Å². The maximum atomic E-state index is 12.9. The number of ether oxygens (including phenoxy) is 4. The summed E-state index contributed by atoms with van der Waals surface area (Å²) in [6, 6.07) is 0. The molecule has 4 nitrogen and oxygen atoms in total. The van der Waals surface area contributed by atoms with Crippen molar-refractivity contribution in [1.29, 1.82) is 0 Å². The largest absolute Gasteiger partial charge is 0.376 e. The van der Waals surface area contributed by atoms with Gasteiger partial charge in [0.25, 0.3) is 0 Å². The molecule has 118 valence electrons. The molecule has 8 heteroatoms. The highest BCUT2D eigenvalue weighted by molar-refractivity contribution is 4.74. The minimum absolute atomic E-state index is 0.0140. The van der Waals surface area contributed by atoms with E-state index in [4.69, 9.17) is 18.9 Å². The Kier molecular flexibility index (Phi) is 5.59. The topological polar surface area (TPSA) is 43.5 Å². The molecule has 2 aliphatic heterocycles. The van der Waals surface area contributed by atoms with E-state index in [1.807, 2.05) is 0 Å². The van der Waals surface area contributed by atoms with Gasteiger partial charge in [0.15, 0.2) is 0 Å². The average molecular weight is 302 g/mol. The van der Waals surface area contributed by atoms with E-state index in [9.17, 15) is 17.6 Å². The molecule has 2 rings (SSSR count). The van der Waals surface area contributed by atoms with Crippen LogP contribution in [0.25, 0.3) is 0 Å². The predicted molar refractivity (Wildman–Crippen MR) is 60.2 cm³/mol. The molecule has 0 spiro atoms. The molecule has 20 heavy (non-hydrogen) atoms. The van der Waals surface area contributed by atoms with Crippen molar-refractivity contribution < 1.29 is 36.5 Å². The van der Waals surface area contributed by atoms with Gasteiger partial charge in [0.1, 0.15) is 12.2 Å². The fourth-order valence-corrected chi connectivity index (χ4v) is 1.58. The summed E-state index contributed by atoms with van der Waals surface area (Å²) >= 11 is 0. The number of halogens is 4. The molecule has 3 atom stereocenters. The second-order valence-electron chi connectivity index (χ2n) is 5.00. The van der Waals surface area contributed by atoms with Gasteiger partial charge in [-0.1, -0.05) is 0 Å². The summed E-state index contributed by atoms with van der Waals surface area (Å²) < 4.78 is 70.5. The molecular formula is C12H18F4O4. The van der Waals surface area contributed by atoms with Crippen molar-refractivity contribution in [3.63, 3.8) is 0 Å². The van der Waals surface area contributed by atoms with Crippen molar-refractivity contribution in [2.45, 2.75) is 43.5 Å². The van der Waals surface area contributed by atoms with Crippen LogP contribution in [0.4, 0.5) is 17.6 Å². The molecule has 0 aromatic carbocycles. The van der Waals surface area contributed by atoms with E-state index in [1.165, 1.54) is 0 Å². The lowest BCUT2D eigenvalue weighted by Crippen LogP contribution is -2.31. The van der Waals surface area contributed by atoms with Crippen LogP contribution in [-0.4, -0.2) is 63.7 Å². The second kappa shape index (κ2) is 7.02. The number of hydrogen-bond donors (Lipinski definition) is 0. The smallest absolute Gasteiger partial charge is 0.307 e. The number of rotatable bonds is 11. The predicted octanol–water partition coefficient (Wildman–Crippen LogP) is 1.87. The van der Waals surface area contributed by atoms with E-state index in [2.05, 4.69) is 0 Å². The molecular weight excluding hydrogens is 284 g/mol. The van der Waals surface area contributed by atoms with Crippen molar-refractivity contribution in [2.75, 3.05) is 33.0 Å². The normalized spacial score (nSPS) is 26.9. The van der Waals surface area contributed by atoms with Gasteiger partial charge in [-0.05, 0) is 6.42 Å². The van der Waals surface area contributed by atoms with Crippen LogP contribution in [-0.2, 0) is 18.9 Å². The zero-order chi connectivity index (χ0) is 14.6. The van der Waals surface area contributed by atoms with E-state index in [1.54, 1.807) is 0 Å². The molecule has 0 N–H and O–H groups in total. The van der Waals surface area contributed by atoms with Gasteiger partial charge in [-0.15, -0.1) is 0 Å². The SMILES string of the molecule is FC(F)C(F)(F)CCC(COCC1CO1)OCC1CO1. The molecule has 0 amide bonds. The van der Waals surface area contributed by atoms with E-state index in [0.29, 0.717) is 19.8 Å².